The Morgan fingerprint density at radius 1 is 0.232 bits per heavy atom. The zero-order valence-electron chi connectivity index (χ0n) is 76.8. The summed E-state index contributed by atoms with van der Waals surface area (Å²) in [6.07, 6.45) is 28.3. The van der Waals surface area contributed by atoms with Crippen LogP contribution in [0.4, 0.5) is 0 Å². The summed E-state index contributed by atoms with van der Waals surface area (Å²) in [5.41, 5.74) is 10.9. The molecule has 12 aromatic rings. The topological polar surface area (TPSA) is 140 Å². The molecule has 12 heteroatoms. The Balaban J connectivity index is -0.000000175. The molecular formula is C100H160N8O4. The molecule has 8 heterocycles. The monoisotopic (exact) mass is 1540 g/mol. The van der Waals surface area contributed by atoms with Crippen LogP contribution < -0.4 is 14.2 Å². The van der Waals surface area contributed by atoms with E-state index in [1.807, 2.05) is 411 Å². The van der Waals surface area contributed by atoms with Crippen molar-refractivity contribution in [2.24, 2.45) is 0 Å². The lowest BCUT2D eigenvalue weighted by Gasteiger charge is -2.17. The first-order chi connectivity index (χ1) is 55.7. The number of pyridine rings is 4. The van der Waals surface area contributed by atoms with Gasteiger partial charge < -0.3 is 18.9 Å². The standard InChI is InChI=1S/C9H11N.C9H7N.C9H11N.C9H7N.2C8H6N2.2C8H8O2.16C2H6/c2*1-2-6-9-8(4-1)5-3-7-10-9;2*1-2-4-9-7-10-6-5-8(9)3-1;1-2-4-8-7(3-1)5-9-6-10-8;1-2-4-8-7(3-1)9-5-6-10-8;1-2-4-8-7(3-1)5-9-6-10-8;1-2-4-8-7(3-1)9-5-6-10-8;16*1-2/h3,5,7H,1-2,4,6H2;1-7H;5-7H,1-4H2;1-7H;2*1-6H;2*1-4H,5-6H2;16*1-2H3. The number of para-hydroxylation sites is 7. The highest BCUT2D eigenvalue weighted by atomic mass is 16.7. The smallest absolute Gasteiger partial charge is 0.189 e. The maximum atomic E-state index is 5.30. The number of aromatic nitrogens is 8. The van der Waals surface area contributed by atoms with Gasteiger partial charge in [0.25, 0.3) is 0 Å². The van der Waals surface area contributed by atoms with E-state index in [1.165, 1.54) is 89.9 Å². The van der Waals surface area contributed by atoms with E-state index >= 15 is 0 Å². The maximum absolute atomic E-state index is 5.30. The third-order valence-corrected chi connectivity index (χ3v) is 13.1. The summed E-state index contributed by atoms with van der Waals surface area (Å²) in [6, 6.07) is 60.0. The Hall–Kier alpha value is -9.52. The zero-order valence-corrected chi connectivity index (χ0v) is 76.8. The second-order valence-corrected chi connectivity index (χ2v) is 18.6. The molecule has 16 rings (SSSR count). The van der Waals surface area contributed by atoms with E-state index in [0.717, 1.165) is 50.3 Å². The van der Waals surface area contributed by atoms with Gasteiger partial charge in [0.1, 0.15) is 25.3 Å². The summed E-state index contributed by atoms with van der Waals surface area (Å²) in [5, 5.41) is 4.73. The van der Waals surface area contributed by atoms with E-state index in [4.69, 9.17) is 18.9 Å². The second kappa shape index (κ2) is 97.6. The number of hydrogen-bond acceptors (Lipinski definition) is 12. The first-order valence-corrected chi connectivity index (χ1v) is 43.1. The first-order valence-electron chi connectivity index (χ1n) is 43.1. The Bertz CT molecular complexity index is 2920. The van der Waals surface area contributed by atoms with Crippen molar-refractivity contribution in [1.29, 1.82) is 0 Å². The molecule has 0 saturated heterocycles. The summed E-state index contributed by atoms with van der Waals surface area (Å²) < 4.78 is 20.9. The molecule has 2 aliphatic heterocycles. The average Bonchev–Trinajstić information content (AvgIpc) is 0.951. The fourth-order valence-corrected chi connectivity index (χ4v) is 8.98. The molecular weight excluding hydrogens is 1380 g/mol. The van der Waals surface area contributed by atoms with Crippen molar-refractivity contribution < 1.29 is 18.9 Å². The van der Waals surface area contributed by atoms with Gasteiger partial charge in [-0.15, -0.1) is 0 Å². The summed E-state index contributed by atoms with van der Waals surface area (Å²) in [7, 11) is 0. The van der Waals surface area contributed by atoms with Gasteiger partial charge in [-0.2, -0.15) is 0 Å². The van der Waals surface area contributed by atoms with Crippen LogP contribution in [0.3, 0.4) is 0 Å². The van der Waals surface area contributed by atoms with Crippen molar-refractivity contribution >= 4 is 43.6 Å². The molecule has 0 unspecified atom stereocenters. The molecule has 12 nitrogen and oxygen atoms in total. The Morgan fingerprint density at radius 2 is 0.598 bits per heavy atom. The molecule has 0 spiro atoms. The van der Waals surface area contributed by atoms with Crippen LogP contribution in [0.2, 0.25) is 0 Å². The van der Waals surface area contributed by atoms with E-state index in [9.17, 15) is 0 Å². The lowest BCUT2D eigenvalue weighted by Crippen LogP contribution is -2.14. The van der Waals surface area contributed by atoms with Gasteiger partial charge in [0.15, 0.2) is 18.3 Å². The quantitative estimate of drug-likeness (QED) is 0.143. The van der Waals surface area contributed by atoms with Gasteiger partial charge in [0.05, 0.1) is 28.7 Å². The van der Waals surface area contributed by atoms with E-state index in [0.29, 0.717) is 26.6 Å². The van der Waals surface area contributed by atoms with Crippen molar-refractivity contribution in [3.8, 4) is 17.2 Å². The van der Waals surface area contributed by atoms with Gasteiger partial charge >= 0.3 is 0 Å². The molecule has 2 aliphatic carbocycles. The molecule has 6 aromatic heterocycles. The lowest BCUT2D eigenvalue weighted by atomic mass is 9.94. The predicted octanol–water partition coefficient (Wildman–Crippen LogP) is 31.1. The molecule has 0 N–H and O–H groups in total. The minimum Gasteiger partial charge on any atom is -0.486 e. The molecule has 6 aromatic carbocycles. The van der Waals surface area contributed by atoms with Gasteiger partial charge in [-0.1, -0.05) is 337 Å². The second-order valence-electron chi connectivity index (χ2n) is 18.6. The highest BCUT2D eigenvalue weighted by molar-refractivity contribution is 5.81. The number of ether oxygens (including phenoxy) is 4. The van der Waals surface area contributed by atoms with Crippen molar-refractivity contribution in [1.82, 2.24) is 39.9 Å². The fourth-order valence-electron chi connectivity index (χ4n) is 8.98. The molecule has 0 radical (unpaired) electrons. The third kappa shape index (κ3) is 55.0. The van der Waals surface area contributed by atoms with Gasteiger partial charge in [0.2, 0.25) is 0 Å². The van der Waals surface area contributed by atoms with Crippen molar-refractivity contribution in [3.05, 3.63) is 272 Å². The molecule has 0 fully saturated rings. The zero-order chi connectivity index (χ0) is 86.5. The van der Waals surface area contributed by atoms with Gasteiger partial charge in [0, 0.05) is 77.8 Å². The van der Waals surface area contributed by atoms with E-state index < -0.39 is 0 Å². The van der Waals surface area contributed by atoms with Crippen LogP contribution in [0.25, 0.3) is 43.6 Å². The molecule has 4 aliphatic rings. The molecule has 0 bridgehead atoms. The first kappa shape index (κ1) is 118. The average molecular weight is 1540 g/mol. The number of fused-ring (bicyclic) bond motifs is 8. The van der Waals surface area contributed by atoms with Crippen LogP contribution in [0.5, 0.6) is 17.2 Å². The number of aryl methyl sites for hydroxylation is 4. The van der Waals surface area contributed by atoms with E-state index in [-0.39, 0.29) is 0 Å². The van der Waals surface area contributed by atoms with Crippen LogP contribution in [-0.4, -0.2) is 59.9 Å². The lowest BCUT2D eigenvalue weighted by molar-refractivity contribution is -0.0163. The van der Waals surface area contributed by atoms with Crippen LogP contribution in [0.1, 0.15) is 275 Å². The van der Waals surface area contributed by atoms with Crippen LogP contribution in [0.15, 0.2) is 244 Å². The van der Waals surface area contributed by atoms with Gasteiger partial charge in [-0.25, -0.2) is 9.97 Å². The normalized spacial score (nSPS) is 10.1. The largest absolute Gasteiger partial charge is 0.486 e. The minimum absolute atomic E-state index is 0.386. The van der Waals surface area contributed by atoms with E-state index in [2.05, 4.69) is 76.3 Å². The molecule has 0 saturated carbocycles. The Morgan fingerprint density at radius 3 is 1.09 bits per heavy atom. The van der Waals surface area contributed by atoms with Crippen molar-refractivity contribution in [2.75, 3.05) is 20.0 Å². The summed E-state index contributed by atoms with van der Waals surface area (Å²) >= 11 is 0. The SMILES string of the molecule is CC.CC.CC.CC.CC.CC.CC.CC.CC.CC.CC.CC.CC.CC.CC.CC.c1cc2c(cn1)CCCC2.c1ccc2c(c1)COCO2.c1ccc2c(c1)OCCO2.c1ccc2cnccc2c1.c1ccc2ncccc2c1.c1ccc2nccnc2c1.c1ccc2ncncc2c1.c1cnc2c(c1)CCCC2. The number of benzene rings is 6. The van der Waals surface area contributed by atoms with Crippen molar-refractivity contribution in [3.63, 3.8) is 0 Å². The molecule has 624 valence electrons. The predicted molar refractivity (Wildman–Crippen MR) is 500 cm³/mol. The van der Waals surface area contributed by atoms with E-state index in [1.54, 1.807) is 18.7 Å². The van der Waals surface area contributed by atoms with Crippen molar-refractivity contribution in [2.45, 2.75) is 280 Å². The highest BCUT2D eigenvalue weighted by Gasteiger charge is 2.10. The summed E-state index contributed by atoms with van der Waals surface area (Å²) in [5.74, 6) is 2.66. The van der Waals surface area contributed by atoms with Crippen LogP contribution in [0, 0.1) is 0 Å². The number of rotatable bonds is 0. The fraction of sp³-hybridized carbons (Fsp3) is 0.440. The Labute approximate surface area is 687 Å². The minimum atomic E-state index is 0.386. The van der Waals surface area contributed by atoms with Gasteiger partial charge in [-0.3, -0.25) is 29.9 Å². The molecule has 0 amide bonds. The highest BCUT2D eigenvalue weighted by Crippen LogP contribution is 2.28. The number of hydrogen-bond donors (Lipinski definition) is 0. The summed E-state index contributed by atoms with van der Waals surface area (Å²) in [6.45, 7) is 66.4. The maximum Gasteiger partial charge on any atom is 0.189 e. The third-order valence-electron chi connectivity index (χ3n) is 13.1. The number of nitrogens with zero attached hydrogens (tertiary/aromatic N) is 8. The van der Waals surface area contributed by atoms with Gasteiger partial charge in [-0.05, 0) is 146 Å². The molecule has 112 heavy (non-hydrogen) atoms. The van der Waals surface area contributed by atoms with Crippen LogP contribution in [-0.2, 0) is 37.0 Å². The summed E-state index contributed by atoms with van der Waals surface area (Å²) in [4.78, 5) is 32.8. The molecule has 0 atom stereocenters. The Kier molecular flexibility index (Phi) is 103. The van der Waals surface area contributed by atoms with Crippen LogP contribution >= 0.6 is 0 Å².